The zero-order valence-corrected chi connectivity index (χ0v) is 11.7. The van der Waals surface area contributed by atoms with Gasteiger partial charge in [-0.05, 0) is 24.3 Å². The van der Waals surface area contributed by atoms with Crippen LogP contribution in [0.1, 0.15) is 10.4 Å². The third kappa shape index (κ3) is 2.95. The Morgan fingerprint density at radius 2 is 2.05 bits per heavy atom. The van der Waals surface area contributed by atoms with Gasteiger partial charge in [0.25, 0.3) is 5.91 Å². The van der Waals surface area contributed by atoms with Crippen molar-refractivity contribution in [2.24, 2.45) is 0 Å². The van der Waals surface area contributed by atoms with Gasteiger partial charge in [0.2, 0.25) is 5.95 Å². The summed E-state index contributed by atoms with van der Waals surface area (Å²) in [7, 11) is 0. The third-order valence-corrected chi connectivity index (χ3v) is 3.54. The number of hydrogen-bond acceptors (Lipinski definition) is 4. The van der Waals surface area contributed by atoms with Crippen molar-refractivity contribution >= 4 is 23.5 Å². The van der Waals surface area contributed by atoms with E-state index in [1.165, 1.54) is 12.1 Å². The number of carbonyl (C=O) groups excluding carboxylic acids is 1. The molecule has 0 saturated carbocycles. The summed E-state index contributed by atoms with van der Waals surface area (Å²) < 4.78 is 13.0. The predicted molar refractivity (Wildman–Crippen MR) is 76.8 cm³/mol. The highest BCUT2D eigenvalue weighted by Gasteiger charge is 2.32. The number of nitrogens with one attached hydrogen (secondary N) is 1. The molecule has 1 amide bonds. The standard InChI is InChI=1S/C14H12ClFN4O/c15-12-6-9(16)2-3-11(12)13(21)20-7-10(8-20)19-14-17-4-1-5-18-14/h1-6,10H,7-8H2,(H,17,18,19). The highest BCUT2D eigenvalue weighted by Crippen LogP contribution is 2.22. The zero-order valence-electron chi connectivity index (χ0n) is 11.0. The molecule has 1 saturated heterocycles. The maximum atomic E-state index is 13.0. The molecule has 0 unspecified atom stereocenters. The highest BCUT2D eigenvalue weighted by molar-refractivity contribution is 6.33. The van der Waals surface area contributed by atoms with Crippen LogP contribution in [-0.2, 0) is 0 Å². The molecule has 108 valence electrons. The minimum atomic E-state index is -0.457. The quantitative estimate of drug-likeness (QED) is 0.944. The lowest BCUT2D eigenvalue weighted by molar-refractivity contribution is 0.0624. The molecule has 3 rings (SSSR count). The first kappa shape index (κ1) is 13.8. The number of anilines is 1. The van der Waals surface area contributed by atoms with Gasteiger partial charge >= 0.3 is 0 Å². The molecule has 0 radical (unpaired) electrons. The van der Waals surface area contributed by atoms with Crippen LogP contribution in [0.25, 0.3) is 0 Å². The van der Waals surface area contributed by atoms with Crippen LogP contribution in [0.3, 0.4) is 0 Å². The minimum absolute atomic E-state index is 0.107. The van der Waals surface area contributed by atoms with E-state index in [0.29, 0.717) is 24.6 Å². The zero-order chi connectivity index (χ0) is 14.8. The molecule has 0 atom stereocenters. The van der Waals surface area contributed by atoms with Crippen molar-refractivity contribution in [3.05, 3.63) is 53.1 Å². The fourth-order valence-electron chi connectivity index (χ4n) is 2.13. The first-order valence-corrected chi connectivity index (χ1v) is 6.79. The lowest BCUT2D eigenvalue weighted by Crippen LogP contribution is -2.57. The third-order valence-electron chi connectivity index (χ3n) is 3.23. The van der Waals surface area contributed by atoms with Gasteiger partial charge < -0.3 is 10.2 Å². The van der Waals surface area contributed by atoms with Gasteiger partial charge in [-0.1, -0.05) is 11.6 Å². The number of rotatable bonds is 3. The molecule has 0 aliphatic carbocycles. The second-order valence-electron chi connectivity index (χ2n) is 4.75. The Labute approximate surface area is 125 Å². The predicted octanol–water partition coefficient (Wildman–Crippen LogP) is 2.21. The van der Waals surface area contributed by atoms with Crippen molar-refractivity contribution < 1.29 is 9.18 Å². The summed E-state index contributed by atoms with van der Waals surface area (Å²) in [5, 5.41) is 3.26. The van der Waals surface area contributed by atoms with Gasteiger partial charge in [-0.25, -0.2) is 14.4 Å². The van der Waals surface area contributed by atoms with Gasteiger partial charge in [0.15, 0.2) is 0 Å². The van der Waals surface area contributed by atoms with Crippen LogP contribution >= 0.6 is 11.6 Å². The normalized spacial score (nSPS) is 14.7. The number of amides is 1. The van der Waals surface area contributed by atoms with E-state index in [9.17, 15) is 9.18 Å². The molecule has 21 heavy (non-hydrogen) atoms. The summed E-state index contributed by atoms with van der Waals surface area (Å²) in [6.45, 7) is 1.07. The average molecular weight is 307 g/mol. The van der Waals surface area contributed by atoms with Crippen molar-refractivity contribution in [3.63, 3.8) is 0 Å². The van der Waals surface area contributed by atoms with E-state index in [2.05, 4.69) is 15.3 Å². The van der Waals surface area contributed by atoms with E-state index in [-0.39, 0.29) is 17.0 Å². The van der Waals surface area contributed by atoms with E-state index in [4.69, 9.17) is 11.6 Å². The average Bonchev–Trinajstić information content (AvgIpc) is 2.43. The molecule has 0 bridgehead atoms. The molecule has 1 aliphatic rings. The molecule has 1 N–H and O–H groups in total. The Morgan fingerprint density at radius 1 is 1.33 bits per heavy atom. The number of nitrogens with zero attached hydrogens (tertiary/aromatic N) is 3. The second kappa shape index (κ2) is 5.65. The smallest absolute Gasteiger partial charge is 0.255 e. The van der Waals surface area contributed by atoms with Gasteiger partial charge in [0.05, 0.1) is 16.6 Å². The van der Waals surface area contributed by atoms with Crippen molar-refractivity contribution in [2.45, 2.75) is 6.04 Å². The molecule has 1 aromatic carbocycles. The summed E-state index contributed by atoms with van der Waals surface area (Å²) in [4.78, 5) is 22.0. The Bertz CT molecular complexity index is 661. The maximum Gasteiger partial charge on any atom is 0.255 e. The largest absolute Gasteiger partial charge is 0.348 e. The molecule has 7 heteroatoms. The summed E-state index contributed by atoms with van der Waals surface area (Å²) >= 11 is 5.89. The molecule has 1 aromatic heterocycles. The Morgan fingerprint density at radius 3 is 2.71 bits per heavy atom. The van der Waals surface area contributed by atoms with Crippen LogP contribution in [0.4, 0.5) is 10.3 Å². The fourth-order valence-corrected chi connectivity index (χ4v) is 2.37. The van der Waals surface area contributed by atoms with E-state index < -0.39 is 5.82 Å². The Balaban J connectivity index is 1.59. The molecular weight excluding hydrogens is 295 g/mol. The Hall–Kier alpha value is -2.21. The minimum Gasteiger partial charge on any atom is -0.348 e. The van der Waals surface area contributed by atoms with Gasteiger partial charge in [0.1, 0.15) is 5.82 Å². The fraction of sp³-hybridized carbons (Fsp3) is 0.214. The van der Waals surface area contributed by atoms with E-state index in [1.807, 2.05) is 0 Å². The topological polar surface area (TPSA) is 58.1 Å². The Kier molecular flexibility index (Phi) is 3.70. The maximum absolute atomic E-state index is 13.0. The van der Waals surface area contributed by atoms with Gasteiger partial charge in [-0.15, -0.1) is 0 Å². The van der Waals surface area contributed by atoms with Gasteiger partial charge in [-0.3, -0.25) is 4.79 Å². The van der Waals surface area contributed by atoms with E-state index in [1.54, 1.807) is 23.4 Å². The SMILES string of the molecule is O=C(c1ccc(F)cc1Cl)N1CC(Nc2ncccn2)C1. The van der Waals surface area contributed by atoms with Crippen LogP contribution in [0.5, 0.6) is 0 Å². The highest BCUT2D eigenvalue weighted by atomic mass is 35.5. The van der Waals surface area contributed by atoms with Gasteiger partial charge in [0, 0.05) is 25.5 Å². The molecule has 1 aliphatic heterocycles. The van der Waals surface area contributed by atoms with Crippen molar-refractivity contribution in [2.75, 3.05) is 18.4 Å². The number of hydrogen-bond donors (Lipinski definition) is 1. The van der Waals surface area contributed by atoms with Crippen molar-refractivity contribution in [1.82, 2.24) is 14.9 Å². The number of benzene rings is 1. The summed E-state index contributed by atoms with van der Waals surface area (Å²) in [5.74, 6) is -0.123. The first-order valence-electron chi connectivity index (χ1n) is 6.41. The monoisotopic (exact) mass is 306 g/mol. The van der Waals surface area contributed by atoms with Crippen LogP contribution in [0, 0.1) is 5.82 Å². The molecule has 1 fully saturated rings. The molecular formula is C14H12ClFN4O. The summed E-state index contributed by atoms with van der Waals surface area (Å²) in [6.07, 6.45) is 3.30. The van der Waals surface area contributed by atoms with Gasteiger partial charge in [-0.2, -0.15) is 0 Å². The second-order valence-corrected chi connectivity index (χ2v) is 5.16. The summed E-state index contributed by atoms with van der Waals surface area (Å²) in [6, 6.07) is 5.61. The van der Waals surface area contributed by atoms with Crippen molar-refractivity contribution in [3.8, 4) is 0 Å². The van der Waals surface area contributed by atoms with Crippen LogP contribution in [0.2, 0.25) is 5.02 Å². The molecule has 0 spiro atoms. The van der Waals surface area contributed by atoms with Crippen LogP contribution in [-0.4, -0.2) is 39.9 Å². The van der Waals surface area contributed by atoms with E-state index >= 15 is 0 Å². The first-order chi connectivity index (χ1) is 10.1. The molecule has 2 heterocycles. The van der Waals surface area contributed by atoms with Crippen LogP contribution < -0.4 is 5.32 Å². The lowest BCUT2D eigenvalue weighted by atomic mass is 10.1. The number of halogens is 2. The number of aromatic nitrogens is 2. The lowest BCUT2D eigenvalue weighted by Gasteiger charge is -2.39. The van der Waals surface area contributed by atoms with Crippen molar-refractivity contribution in [1.29, 1.82) is 0 Å². The number of likely N-dealkylation sites (tertiary alicyclic amines) is 1. The van der Waals surface area contributed by atoms with E-state index in [0.717, 1.165) is 6.07 Å². The summed E-state index contributed by atoms with van der Waals surface area (Å²) in [5.41, 5.74) is 0.312. The van der Waals surface area contributed by atoms with Crippen LogP contribution in [0.15, 0.2) is 36.7 Å². The molecule has 2 aromatic rings. The number of carbonyl (C=O) groups is 1. The molecule has 5 nitrogen and oxygen atoms in total.